The number of nitrogens with zero attached hydrogens (tertiary/aromatic N) is 4. The minimum atomic E-state index is -0.983. The Balaban J connectivity index is 1.51. The zero-order chi connectivity index (χ0) is 16.3. The molecule has 2 aromatic rings. The van der Waals surface area contributed by atoms with Gasteiger partial charge in [-0.25, -0.2) is 4.68 Å². The Bertz CT molecular complexity index is 662. The summed E-state index contributed by atoms with van der Waals surface area (Å²) in [6.45, 7) is 1.000. The molecule has 3 rings (SSSR count). The van der Waals surface area contributed by atoms with Crippen molar-refractivity contribution in [2.75, 3.05) is 19.7 Å². The van der Waals surface area contributed by atoms with Crippen LogP contribution in [0.1, 0.15) is 6.42 Å². The first-order valence-corrected chi connectivity index (χ1v) is 7.65. The van der Waals surface area contributed by atoms with Crippen LogP contribution in [-0.4, -0.2) is 56.2 Å². The Morgan fingerprint density at radius 3 is 2.87 bits per heavy atom. The van der Waals surface area contributed by atoms with Gasteiger partial charge < -0.3 is 14.7 Å². The fraction of sp³-hybridized carbons (Fsp3) is 0.400. The smallest absolute Gasteiger partial charge is 0.260 e. The normalized spacial score (nSPS) is 20.7. The molecule has 1 amide bonds. The van der Waals surface area contributed by atoms with Crippen LogP contribution >= 0.6 is 11.6 Å². The summed E-state index contributed by atoms with van der Waals surface area (Å²) in [6.07, 6.45) is 3.74. The van der Waals surface area contributed by atoms with Crippen LogP contribution in [0.4, 0.5) is 0 Å². The van der Waals surface area contributed by atoms with E-state index in [-0.39, 0.29) is 19.1 Å². The summed E-state index contributed by atoms with van der Waals surface area (Å²) in [7, 11) is 0. The number of aliphatic hydroxyl groups is 1. The fourth-order valence-electron chi connectivity index (χ4n) is 2.58. The lowest BCUT2D eigenvalue weighted by Gasteiger charge is -2.23. The summed E-state index contributed by atoms with van der Waals surface area (Å²) >= 11 is 5.80. The van der Waals surface area contributed by atoms with E-state index < -0.39 is 5.60 Å². The Morgan fingerprint density at radius 2 is 2.17 bits per heavy atom. The van der Waals surface area contributed by atoms with Crippen LogP contribution in [-0.2, 0) is 11.3 Å². The average Bonchev–Trinajstić information content (AvgIpc) is 3.16. The van der Waals surface area contributed by atoms with E-state index in [2.05, 4.69) is 10.3 Å². The predicted octanol–water partition coefficient (Wildman–Crippen LogP) is 0.974. The van der Waals surface area contributed by atoms with Gasteiger partial charge in [0.05, 0.1) is 19.3 Å². The van der Waals surface area contributed by atoms with Crippen LogP contribution < -0.4 is 4.74 Å². The van der Waals surface area contributed by atoms with Gasteiger partial charge in [0, 0.05) is 17.8 Å². The number of amides is 1. The maximum atomic E-state index is 12.2. The molecule has 0 spiro atoms. The Kier molecular flexibility index (Phi) is 4.49. The van der Waals surface area contributed by atoms with Crippen molar-refractivity contribution in [1.29, 1.82) is 0 Å². The van der Waals surface area contributed by atoms with E-state index in [4.69, 9.17) is 16.3 Å². The van der Waals surface area contributed by atoms with E-state index >= 15 is 0 Å². The number of hydrogen-bond acceptors (Lipinski definition) is 5. The molecule has 2 heterocycles. The number of rotatable bonds is 5. The fourth-order valence-corrected chi connectivity index (χ4v) is 2.71. The van der Waals surface area contributed by atoms with Crippen molar-refractivity contribution in [3.63, 3.8) is 0 Å². The number of hydrogen-bond donors (Lipinski definition) is 1. The van der Waals surface area contributed by atoms with E-state index in [0.717, 1.165) is 0 Å². The molecule has 1 aromatic heterocycles. The highest BCUT2D eigenvalue weighted by molar-refractivity contribution is 6.30. The molecule has 0 saturated carbocycles. The summed E-state index contributed by atoms with van der Waals surface area (Å²) in [4.78, 5) is 13.8. The van der Waals surface area contributed by atoms with Crippen LogP contribution in [0.3, 0.4) is 0 Å². The highest BCUT2D eigenvalue weighted by Gasteiger charge is 2.38. The molecule has 0 bridgehead atoms. The molecule has 1 aliphatic heterocycles. The first kappa shape index (κ1) is 15.8. The van der Waals surface area contributed by atoms with Crippen LogP contribution in [0, 0.1) is 0 Å². The lowest BCUT2D eigenvalue weighted by atomic mass is 10.0. The first-order chi connectivity index (χ1) is 11.0. The molecule has 1 aromatic carbocycles. The molecule has 122 valence electrons. The number of carbonyl (C=O) groups excluding carboxylic acids is 1. The van der Waals surface area contributed by atoms with Crippen molar-refractivity contribution in [1.82, 2.24) is 19.9 Å². The molecule has 1 saturated heterocycles. The van der Waals surface area contributed by atoms with E-state index in [9.17, 15) is 9.90 Å². The van der Waals surface area contributed by atoms with Gasteiger partial charge in [-0.05, 0) is 30.7 Å². The van der Waals surface area contributed by atoms with Gasteiger partial charge in [-0.1, -0.05) is 16.8 Å². The molecular formula is C15H17ClN4O3. The lowest BCUT2D eigenvalue weighted by Crippen LogP contribution is -2.40. The van der Waals surface area contributed by atoms with Crippen molar-refractivity contribution in [2.45, 2.75) is 18.6 Å². The number of β-amino-alcohol motifs (C(OH)–C–C–N with tert-alkyl or cyclic N) is 1. The molecule has 23 heavy (non-hydrogen) atoms. The van der Waals surface area contributed by atoms with Crippen LogP contribution in [0.2, 0.25) is 5.02 Å². The summed E-state index contributed by atoms with van der Waals surface area (Å²) in [6, 6.07) is 6.82. The molecule has 0 radical (unpaired) electrons. The standard InChI is InChI=1S/C15H17ClN4O3/c16-12-1-3-13(4-2-12)23-9-14(21)19-7-5-15(22,10-19)11-20-8-6-17-18-20/h1-4,6,8,22H,5,7,9-11H2. The largest absolute Gasteiger partial charge is 0.484 e. The second kappa shape index (κ2) is 6.55. The van der Waals surface area contributed by atoms with Gasteiger partial charge in [0.2, 0.25) is 0 Å². The summed E-state index contributed by atoms with van der Waals surface area (Å²) in [5.41, 5.74) is -0.983. The Morgan fingerprint density at radius 1 is 1.39 bits per heavy atom. The van der Waals surface area contributed by atoms with Gasteiger partial charge in [-0.2, -0.15) is 0 Å². The number of likely N-dealkylation sites (tertiary alicyclic amines) is 1. The molecule has 1 N–H and O–H groups in total. The highest BCUT2D eigenvalue weighted by Crippen LogP contribution is 2.23. The minimum absolute atomic E-state index is 0.0684. The van der Waals surface area contributed by atoms with E-state index in [0.29, 0.717) is 30.3 Å². The zero-order valence-corrected chi connectivity index (χ0v) is 13.2. The Hall–Kier alpha value is -2.12. The maximum Gasteiger partial charge on any atom is 0.260 e. The van der Waals surface area contributed by atoms with Gasteiger partial charge in [0.25, 0.3) is 5.91 Å². The molecule has 1 unspecified atom stereocenters. The molecule has 7 nitrogen and oxygen atoms in total. The van der Waals surface area contributed by atoms with Gasteiger partial charge in [0.1, 0.15) is 11.4 Å². The monoisotopic (exact) mass is 336 g/mol. The molecule has 1 atom stereocenters. The molecule has 8 heteroatoms. The quantitative estimate of drug-likeness (QED) is 0.880. The number of carbonyl (C=O) groups is 1. The topological polar surface area (TPSA) is 80.5 Å². The van der Waals surface area contributed by atoms with E-state index in [1.54, 1.807) is 46.2 Å². The summed E-state index contributed by atoms with van der Waals surface area (Å²) in [5, 5.41) is 18.7. The average molecular weight is 337 g/mol. The van der Waals surface area contributed by atoms with Crippen molar-refractivity contribution in [3.8, 4) is 5.75 Å². The summed E-state index contributed by atoms with van der Waals surface area (Å²) in [5.74, 6) is 0.425. The second-order valence-electron chi connectivity index (χ2n) is 5.63. The maximum absolute atomic E-state index is 12.2. The van der Waals surface area contributed by atoms with Gasteiger partial charge in [-0.15, -0.1) is 5.10 Å². The number of benzene rings is 1. The van der Waals surface area contributed by atoms with Crippen molar-refractivity contribution in [3.05, 3.63) is 41.7 Å². The van der Waals surface area contributed by atoms with Crippen molar-refractivity contribution < 1.29 is 14.6 Å². The van der Waals surface area contributed by atoms with Crippen LogP contribution in [0.15, 0.2) is 36.7 Å². The number of aromatic nitrogens is 3. The zero-order valence-electron chi connectivity index (χ0n) is 12.4. The molecule has 0 aliphatic carbocycles. The Labute approximate surface area is 138 Å². The van der Waals surface area contributed by atoms with Crippen molar-refractivity contribution in [2.24, 2.45) is 0 Å². The van der Waals surface area contributed by atoms with Gasteiger partial charge in [-0.3, -0.25) is 4.79 Å². The molecule has 1 fully saturated rings. The van der Waals surface area contributed by atoms with E-state index in [1.165, 1.54) is 0 Å². The highest BCUT2D eigenvalue weighted by atomic mass is 35.5. The molecule has 1 aliphatic rings. The molecular weight excluding hydrogens is 320 g/mol. The second-order valence-corrected chi connectivity index (χ2v) is 6.07. The number of halogens is 1. The van der Waals surface area contributed by atoms with Crippen LogP contribution in [0.25, 0.3) is 0 Å². The predicted molar refractivity (Wildman–Crippen MR) is 83.1 cm³/mol. The minimum Gasteiger partial charge on any atom is -0.484 e. The van der Waals surface area contributed by atoms with Crippen molar-refractivity contribution >= 4 is 17.5 Å². The third-order valence-electron chi connectivity index (χ3n) is 3.79. The van der Waals surface area contributed by atoms with Gasteiger partial charge >= 0.3 is 0 Å². The van der Waals surface area contributed by atoms with Gasteiger partial charge in [0.15, 0.2) is 6.61 Å². The van der Waals surface area contributed by atoms with E-state index in [1.807, 2.05) is 0 Å². The lowest BCUT2D eigenvalue weighted by molar-refractivity contribution is -0.133. The van der Waals surface area contributed by atoms with Crippen LogP contribution in [0.5, 0.6) is 5.75 Å². The SMILES string of the molecule is O=C(COc1ccc(Cl)cc1)N1CCC(O)(Cn2ccnn2)C1. The first-order valence-electron chi connectivity index (χ1n) is 7.27. The number of ether oxygens (including phenoxy) is 1. The summed E-state index contributed by atoms with van der Waals surface area (Å²) < 4.78 is 7.02. The third kappa shape index (κ3) is 4.00. The third-order valence-corrected chi connectivity index (χ3v) is 4.04.